The van der Waals surface area contributed by atoms with Gasteiger partial charge in [0.05, 0.1) is 6.21 Å². The van der Waals surface area contributed by atoms with E-state index in [4.69, 9.17) is 0 Å². The Morgan fingerprint density at radius 2 is 2.00 bits per heavy atom. The fourth-order valence-electron chi connectivity index (χ4n) is 1.78. The molecule has 2 aromatic rings. The van der Waals surface area contributed by atoms with Crippen LogP contribution in [0.3, 0.4) is 0 Å². The first-order valence-electron chi connectivity index (χ1n) is 6.12. The molecule has 1 amide bonds. The number of hydrogen-bond acceptors (Lipinski definition) is 4. The summed E-state index contributed by atoms with van der Waals surface area (Å²) in [6.45, 7) is 3.62. The van der Waals surface area contributed by atoms with Crippen LogP contribution in [0.1, 0.15) is 27.2 Å². The number of nitrogens with one attached hydrogen (secondary N) is 1. The van der Waals surface area contributed by atoms with Gasteiger partial charge in [0.2, 0.25) is 0 Å². The van der Waals surface area contributed by atoms with E-state index in [2.05, 4.69) is 15.5 Å². The molecule has 0 aliphatic rings. The molecule has 1 aromatic heterocycles. The van der Waals surface area contributed by atoms with Gasteiger partial charge in [-0.1, -0.05) is 6.07 Å². The van der Waals surface area contributed by atoms with Gasteiger partial charge in [-0.25, -0.2) is 5.43 Å². The Labute approximate surface area is 117 Å². The number of hydrogen-bond donors (Lipinski definition) is 2. The molecular weight excluding hydrogens is 254 g/mol. The van der Waals surface area contributed by atoms with Gasteiger partial charge in [-0.15, -0.1) is 0 Å². The minimum absolute atomic E-state index is 0.277. The van der Waals surface area contributed by atoms with Crippen LogP contribution in [-0.4, -0.2) is 22.2 Å². The first-order chi connectivity index (χ1) is 9.58. The molecule has 0 radical (unpaired) electrons. The molecule has 0 bridgehead atoms. The monoisotopic (exact) mass is 269 g/mol. The van der Waals surface area contributed by atoms with Gasteiger partial charge >= 0.3 is 0 Å². The maximum absolute atomic E-state index is 11.7. The van der Waals surface area contributed by atoms with E-state index in [0.717, 1.165) is 16.7 Å². The number of aromatic nitrogens is 1. The van der Waals surface area contributed by atoms with Crippen molar-refractivity contribution in [2.45, 2.75) is 13.8 Å². The third kappa shape index (κ3) is 3.20. The number of phenolic OH excluding ortho intramolecular Hbond substituents is 1. The lowest BCUT2D eigenvalue weighted by Gasteiger charge is -2.04. The molecular formula is C15H15N3O2. The number of carbonyl (C=O) groups excluding carboxylic acids is 1. The van der Waals surface area contributed by atoms with Gasteiger partial charge < -0.3 is 5.11 Å². The molecule has 102 valence electrons. The van der Waals surface area contributed by atoms with Crippen LogP contribution in [0.2, 0.25) is 0 Å². The van der Waals surface area contributed by atoms with Crippen molar-refractivity contribution in [2.24, 2.45) is 5.10 Å². The Bertz CT molecular complexity index is 628. The van der Waals surface area contributed by atoms with Crippen molar-refractivity contribution in [3.05, 3.63) is 58.9 Å². The summed E-state index contributed by atoms with van der Waals surface area (Å²) in [5.41, 5.74) is 5.05. The van der Waals surface area contributed by atoms with E-state index in [1.165, 1.54) is 6.21 Å². The van der Waals surface area contributed by atoms with Crippen molar-refractivity contribution in [1.29, 1.82) is 0 Å². The number of pyridine rings is 1. The molecule has 0 saturated heterocycles. The maximum Gasteiger partial charge on any atom is 0.289 e. The first kappa shape index (κ1) is 13.7. The Morgan fingerprint density at radius 1 is 1.30 bits per heavy atom. The van der Waals surface area contributed by atoms with Crippen LogP contribution in [0.5, 0.6) is 5.75 Å². The lowest BCUT2D eigenvalue weighted by atomic mass is 10.1. The van der Waals surface area contributed by atoms with Gasteiger partial charge in [0, 0.05) is 6.20 Å². The van der Waals surface area contributed by atoms with Crippen molar-refractivity contribution in [3.8, 4) is 5.75 Å². The van der Waals surface area contributed by atoms with E-state index < -0.39 is 0 Å². The number of amides is 1. The number of hydrazone groups is 1. The van der Waals surface area contributed by atoms with Gasteiger partial charge in [-0.2, -0.15) is 5.10 Å². The number of benzene rings is 1. The van der Waals surface area contributed by atoms with E-state index >= 15 is 0 Å². The van der Waals surface area contributed by atoms with Crippen LogP contribution in [0.25, 0.3) is 0 Å². The van der Waals surface area contributed by atoms with E-state index in [1.807, 2.05) is 13.8 Å². The average molecular weight is 269 g/mol. The quantitative estimate of drug-likeness (QED) is 0.662. The van der Waals surface area contributed by atoms with Crippen molar-refractivity contribution < 1.29 is 9.90 Å². The molecule has 0 saturated carbocycles. The molecule has 5 nitrogen and oxygen atoms in total. The zero-order chi connectivity index (χ0) is 14.5. The van der Waals surface area contributed by atoms with Crippen LogP contribution in [0, 0.1) is 13.8 Å². The van der Waals surface area contributed by atoms with Crippen LogP contribution in [-0.2, 0) is 0 Å². The van der Waals surface area contributed by atoms with Crippen molar-refractivity contribution in [1.82, 2.24) is 10.4 Å². The molecule has 0 aliphatic heterocycles. The summed E-state index contributed by atoms with van der Waals surface area (Å²) >= 11 is 0. The Morgan fingerprint density at radius 3 is 2.60 bits per heavy atom. The minimum atomic E-state index is -0.367. The number of aryl methyl sites for hydroxylation is 2. The van der Waals surface area contributed by atoms with E-state index in [9.17, 15) is 9.90 Å². The highest BCUT2D eigenvalue weighted by Crippen LogP contribution is 2.21. The van der Waals surface area contributed by atoms with Gasteiger partial charge in [-0.3, -0.25) is 9.78 Å². The average Bonchev–Trinajstić information content (AvgIpc) is 2.45. The second-order valence-corrected chi connectivity index (χ2v) is 4.42. The molecule has 0 spiro atoms. The van der Waals surface area contributed by atoms with E-state index in [0.29, 0.717) is 5.69 Å². The SMILES string of the molecule is Cc1cc(/C=N\NC(=O)c2ccccn2)cc(C)c1O. The summed E-state index contributed by atoms with van der Waals surface area (Å²) in [5, 5.41) is 13.6. The van der Waals surface area contributed by atoms with Crippen LogP contribution in [0.15, 0.2) is 41.6 Å². The standard InChI is InChI=1S/C15H15N3O2/c1-10-7-12(8-11(2)14(10)19)9-17-18-15(20)13-5-3-4-6-16-13/h3-9,19H,1-2H3,(H,18,20)/b17-9-. The van der Waals surface area contributed by atoms with Gasteiger partial charge in [-0.05, 0) is 54.8 Å². The molecule has 1 heterocycles. The Hall–Kier alpha value is -2.69. The van der Waals surface area contributed by atoms with Gasteiger partial charge in [0.25, 0.3) is 5.91 Å². The second-order valence-electron chi connectivity index (χ2n) is 4.42. The summed E-state index contributed by atoms with van der Waals surface area (Å²) in [7, 11) is 0. The van der Waals surface area contributed by atoms with Crippen molar-refractivity contribution in [3.63, 3.8) is 0 Å². The predicted molar refractivity (Wildman–Crippen MR) is 76.9 cm³/mol. The lowest BCUT2D eigenvalue weighted by molar-refractivity contribution is 0.0950. The van der Waals surface area contributed by atoms with Crippen LogP contribution >= 0.6 is 0 Å². The topological polar surface area (TPSA) is 74.6 Å². The fourth-order valence-corrected chi connectivity index (χ4v) is 1.78. The molecule has 5 heteroatoms. The Balaban J connectivity index is 2.06. The maximum atomic E-state index is 11.7. The molecule has 2 rings (SSSR count). The first-order valence-corrected chi connectivity index (χ1v) is 6.12. The lowest BCUT2D eigenvalue weighted by Crippen LogP contribution is -2.18. The van der Waals surface area contributed by atoms with Crippen LogP contribution < -0.4 is 5.43 Å². The molecule has 0 atom stereocenters. The zero-order valence-corrected chi connectivity index (χ0v) is 11.3. The van der Waals surface area contributed by atoms with Gasteiger partial charge in [0.15, 0.2) is 0 Å². The van der Waals surface area contributed by atoms with Crippen molar-refractivity contribution in [2.75, 3.05) is 0 Å². The number of nitrogens with zero attached hydrogens (tertiary/aromatic N) is 2. The largest absolute Gasteiger partial charge is 0.507 e. The molecule has 0 unspecified atom stereocenters. The summed E-state index contributed by atoms with van der Waals surface area (Å²) in [6.07, 6.45) is 3.08. The fraction of sp³-hybridized carbons (Fsp3) is 0.133. The third-order valence-electron chi connectivity index (χ3n) is 2.79. The summed E-state index contributed by atoms with van der Waals surface area (Å²) in [6, 6.07) is 8.66. The van der Waals surface area contributed by atoms with E-state index in [1.54, 1.807) is 36.5 Å². The minimum Gasteiger partial charge on any atom is -0.507 e. The van der Waals surface area contributed by atoms with Gasteiger partial charge in [0.1, 0.15) is 11.4 Å². The normalized spacial score (nSPS) is 10.7. The summed E-state index contributed by atoms with van der Waals surface area (Å²) in [4.78, 5) is 15.6. The molecule has 0 fully saturated rings. The molecule has 2 N–H and O–H groups in total. The highest BCUT2D eigenvalue weighted by molar-refractivity contribution is 5.93. The number of carbonyl (C=O) groups is 1. The summed E-state index contributed by atoms with van der Waals surface area (Å²) < 4.78 is 0. The zero-order valence-electron chi connectivity index (χ0n) is 11.3. The van der Waals surface area contributed by atoms with Crippen LogP contribution in [0.4, 0.5) is 0 Å². The number of rotatable bonds is 3. The number of phenols is 1. The van der Waals surface area contributed by atoms with E-state index in [-0.39, 0.29) is 11.7 Å². The molecule has 0 aliphatic carbocycles. The highest BCUT2D eigenvalue weighted by atomic mass is 16.3. The highest BCUT2D eigenvalue weighted by Gasteiger charge is 2.04. The third-order valence-corrected chi connectivity index (χ3v) is 2.79. The second kappa shape index (κ2) is 5.97. The Kier molecular flexibility index (Phi) is 4.10. The predicted octanol–water partition coefficient (Wildman–Crippen LogP) is 2.17. The smallest absolute Gasteiger partial charge is 0.289 e. The molecule has 1 aromatic carbocycles. The molecule has 20 heavy (non-hydrogen) atoms. The summed E-state index contributed by atoms with van der Waals surface area (Å²) in [5.74, 6) is -0.0891. The number of aromatic hydroxyl groups is 1. The van der Waals surface area contributed by atoms with Crippen molar-refractivity contribution >= 4 is 12.1 Å².